The third-order valence-corrected chi connectivity index (χ3v) is 4.05. The molecule has 7 heavy (non-hydrogen) atoms. The lowest BCUT2D eigenvalue weighted by Crippen LogP contribution is -2.08. The standard InChI is InChI=1S/C4H8BrOP/c5-4-3(6)1-2-7-4/h3-4,6-7H,1-2H2. The van der Waals surface area contributed by atoms with Crippen LogP contribution >= 0.6 is 24.5 Å². The SMILES string of the molecule is OC1CCPC1Br. The minimum absolute atomic E-state index is 0.0571. The molecule has 1 aliphatic rings. The van der Waals surface area contributed by atoms with Crippen LogP contribution in [0.3, 0.4) is 0 Å². The van der Waals surface area contributed by atoms with Gasteiger partial charge in [0.1, 0.15) is 0 Å². The van der Waals surface area contributed by atoms with Gasteiger partial charge in [0, 0.05) is 0 Å². The Labute approximate surface area is 53.4 Å². The molecule has 0 aliphatic carbocycles. The van der Waals surface area contributed by atoms with E-state index in [1.165, 1.54) is 6.16 Å². The fourth-order valence-corrected chi connectivity index (χ4v) is 2.78. The van der Waals surface area contributed by atoms with Gasteiger partial charge in [-0.2, -0.15) is 0 Å². The van der Waals surface area contributed by atoms with Gasteiger partial charge in [-0.15, -0.1) is 8.58 Å². The summed E-state index contributed by atoms with van der Waals surface area (Å²) in [6.45, 7) is 0. The average molecular weight is 183 g/mol. The van der Waals surface area contributed by atoms with Gasteiger partial charge in [0.15, 0.2) is 0 Å². The van der Waals surface area contributed by atoms with Crippen molar-refractivity contribution in [1.82, 2.24) is 0 Å². The van der Waals surface area contributed by atoms with Crippen LogP contribution in [0.25, 0.3) is 0 Å². The average Bonchev–Trinajstić information content (AvgIpc) is 1.91. The van der Waals surface area contributed by atoms with Crippen LogP contribution in [-0.2, 0) is 0 Å². The van der Waals surface area contributed by atoms with E-state index in [0.717, 1.165) is 15.0 Å². The highest BCUT2D eigenvalue weighted by Gasteiger charge is 2.21. The largest absolute Gasteiger partial charge is 0.392 e. The van der Waals surface area contributed by atoms with Crippen LogP contribution < -0.4 is 0 Å². The zero-order valence-corrected chi connectivity index (χ0v) is 6.48. The van der Waals surface area contributed by atoms with E-state index in [1.54, 1.807) is 0 Å². The van der Waals surface area contributed by atoms with Crippen molar-refractivity contribution in [2.75, 3.05) is 6.16 Å². The van der Waals surface area contributed by atoms with Crippen molar-refractivity contribution in [1.29, 1.82) is 0 Å². The van der Waals surface area contributed by atoms with Gasteiger partial charge in [-0.1, -0.05) is 15.9 Å². The highest BCUT2D eigenvalue weighted by Crippen LogP contribution is 2.36. The molecule has 0 aromatic rings. The van der Waals surface area contributed by atoms with Gasteiger partial charge in [-0.3, -0.25) is 0 Å². The number of aliphatic hydroxyl groups is 1. The fraction of sp³-hybridized carbons (Fsp3) is 1.00. The van der Waals surface area contributed by atoms with Crippen molar-refractivity contribution < 1.29 is 5.11 Å². The third-order valence-electron chi connectivity index (χ3n) is 1.12. The molecule has 0 bridgehead atoms. The Morgan fingerprint density at radius 2 is 2.43 bits per heavy atom. The number of hydrogen-bond acceptors (Lipinski definition) is 1. The molecule has 0 saturated carbocycles. The first-order valence-corrected chi connectivity index (χ1v) is 4.56. The molecule has 42 valence electrons. The summed E-state index contributed by atoms with van der Waals surface area (Å²) in [6, 6.07) is 0. The zero-order chi connectivity index (χ0) is 5.28. The summed E-state index contributed by atoms with van der Waals surface area (Å²) in [5, 5.41) is 8.96. The van der Waals surface area contributed by atoms with Crippen LogP contribution in [0.1, 0.15) is 6.42 Å². The fourth-order valence-electron chi connectivity index (χ4n) is 0.651. The molecule has 1 rings (SSSR count). The first kappa shape index (κ1) is 6.00. The molecule has 1 N–H and O–H groups in total. The van der Waals surface area contributed by atoms with Gasteiger partial charge in [-0.05, 0) is 12.6 Å². The molecule has 0 amide bonds. The maximum absolute atomic E-state index is 8.96. The van der Waals surface area contributed by atoms with Gasteiger partial charge in [0.2, 0.25) is 0 Å². The molecule has 0 aromatic carbocycles. The lowest BCUT2D eigenvalue weighted by molar-refractivity contribution is 0.197. The van der Waals surface area contributed by atoms with Crippen molar-refractivity contribution in [3.8, 4) is 0 Å². The molecule has 1 nitrogen and oxygen atoms in total. The van der Waals surface area contributed by atoms with E-state index >= 15 is 0 Å². The predicted molar refractivity (Wildman–Crippen MR) is 36.5 cm³/mol. The van der Waals surface area contributed by atoms with Gasteiger partial charge in [0.25, 0.3) is 0 Å². The lowest BCUT2D eigenvalue weighted by atomic mass is 10.3. The molecular formula is C4H8BrOP. The molecule has 1 heterocycles. The molecule has 0 aromatic heterocycles. The molecule has 1 fully saturated rings. The Morgan fingerprint density at radius 3 is 2.57 bits per heavy atom. The van der Waals surface area contributed by atoms with Gasteiger partial charge in [0.05, 0.1) is 10.7 Å². The van der Waals surface area contributed by atoms with E-state index in [2.05, 4.69) is 15.9 Å². The van der Waals surface area contributed by atoms with Gasteiger partial charge >= 0.3 is 0 Å². The Hall–Kier alpha value is 0.870. The van der Waals surface area contributed by atoms with Crippen molar-refractivity contribution >= 4 is 24.5 Å². The van der Waals surface area contributed by atoms with Crippen molar-refractivity contribution in [3.63, 3.8) is 0 Å². The second-order valence-electron chi connectivity index (χ2n) is 1.71. The number of hydrogen-bond donors (Lipinski definition) is 1. The summed E-state index contributed by atoms with van der Waals surface area (Å²) in [4.78, 5) is 0. The lowest BCUT2D eigenvalue weighted by Gasteiger charge is -2.01. The third kappa shape index (κ3) is 1.38. The summed E-state index contributed by atoms with van der Waals surface area (Å²) in [5.74, 6) is 0. The monoisotopic (exact) mass is 182 g/mol. The minimum Gasteiger partial charge on any atom is -0.392 e. The van der Waals surface area contributed by atoms with Crippen LogP contribution in [0.2, 0.25) is 0 Å². The Kier molecular flexibility index (Phi) is 2.08. The van der Waals surface area contributed by atoms with Gasteiger partial charge in [-0.25, -0.2) is 0 Å². The molecular weight excluding hydrogens is 175 g/mol. The van der Waals surface area contributed by atoms with Gasteiger partial charge < -0.3 is 5.11 Å². The molecule has 0 radical (unpaired) electrons. The maximum Gasteiger partial charge on any atom is 0.0705 e. The molecule has 1 saturated heterocycles. The molecule has 3 atom stereocenters. The van der Waals surface area contributed by atoms with Crippen LogP contribution in [-0.4, -0.2) is 21.9 Å². The summed E-state index contributed by atoms with van der Waals surface area (Å²) >= 11 is 3.37. The molecule has 0 spiro atoms. The highest BCUT2D eigenvalue weighted by molar-refractivity contribution is 9.10. The highest BCUT2D eigenvalue weighted by atomic mass is 79.9. The van der Waals surface area contributed by atoms with E-state index in [-0.39, 0.29) is 6.10 Å². The predicted octanol–water partition coefficient (Wildman–Crippen LogP) is 1.15. The summed E-state index contributed by atoms with van der Waals surface area (Å²) in [7, 11) is 0.929. The zero-order valence-electron chi connectivity index (χ0n) is 3.89. The summed E-state index contributed by atoms with van der Waals surface area (Å²) in [6.07, 6.45) is 2.14. The molecule has 1 aliphatic heterocycles. The van der Waals surface area contributed by atoms with E-state index in [4.69, 9.17) is 5.11 Å². The quantitative estimate of drug-likeness (QED) is 0.441. The second-order valence-corrected chi connectivity index (χ2v) is 5.07. The molecule has 3 unspecified atom stereocenters. The van der Waals surface area contributed by atoms with Crippen molar-refractivity contribution in [3.05, 3.63) is 0 Å². The Morgan fingerprint density at radius 1 is 1.71 bits per heavy atom. The van der Waals surface area contributed by atoms with Crippen molar-refractivity contribution in [2.24, 2.45) is 0 Å². The first-order valence-electron chi connectivity index (χ1n) is 2.36. The Balaban J connectivity index is 2.33. The van der Waals surface area contributed by atoms with Crippen LogP contribution in [0.5, 0.6) is 0 Å². The summed E-state index contributed by atoms with van der Waals surface area (Å²) < 4.78 is 0.410. The normalized spacial score (nSPS) is 45.4. The molecule has 3 heteroatoms. The van der Waals surface area contributed by atoms with Crippen LogP contribution in [0, 0.1) is 0 Å². The van der Waals surface area contributed by atoms with Crippen LogP contribution in [0.4, 0.5) is 0 Å². The number of alkyl halides is 1. The maximum atomic E-state index is 8.96. The second kappa shape index (κ2) is 2.43. The van der Waals surface area contributed by atoms with E-state index in [9.17, 15) is 0 Å². The number of aliphatic hydroxyl groups excluding tert-OH is 1. The van der Waals surface area contributed by atoms with Crippen LogP contribution in [0.15, 0.2) is 0 Å². The number of rotatable bonds is 0. The topological polar surface area (TPSA) is 20.2 Å². The van der Waals surface area contributed by atoms with E-state index in [0.29, 0.717) is 4.57 Å². The number of halogens is 1. The minimum atomic E-state index is -0.0571. The summed E-state index contributed by atoms with van der Waals surface area (Å²) in [5.41, 5.74) is 0. The van der Waals surface area contributed by atoms with E-state index in [1.807, 2.05) is 0 Å². The first-order chi connectivity index (χ1) is 3.30. The smallest absolute Gasteiger partial charge is 0.0705 e. The van der Waals surface area contributed by atoms with Crippen molar-refractivity contribution in [2.45, 2.75) is 17.1 Å². The van der Waals surface area contributed by atoms with E-state index < -0.39 is 0 Å². The Bertz CT molecular complexity index is 60.7.